The number of hydrogen-bond acceptors (Lipinski definition) is 3. The van der Waals surface area contributed by atoms with Crippen molar-refractivity contribution in [2.75, 3.05) is 4.90 Å². The second-order valence-corrected chi connectivity index (χ2v) is 6.59. The van der Waals surface area contributed by atoms with E-state index in [1.165, 1.54) is 4.90 Å². The number of amides is 2. The third-order valence-electron chi connectivity index (χ3n) is 4.89. The highest BCUT2D eigenvalue weighted by atomic mass is 16.2. The molecule has 0 bridgehead atoms. The van der Waals surface area contributed by atoms with Gasteiger partial charge in [0.15, 0.2) is 0 Å². The molecule has 5 nitrogen and oxygen atoms in total. The fourth-order valence-electron chi connectivity index (χ4n) is 3.50. The zero-order valence-electron chi connectivity index (χ0n) is 14.6. The van der Waals surface area contributed by atoms with Crippen molar-refractivity contribution in [2.24, 2.45) is 0 Å². The van der Waals surface area contributed by atoms with Gasteiger partial charge in [0.25, 0.3) is 11.8 Å². The van der Waals surface area contributed by atoms with Gasteiger partial charge in [-0.15, -0.1) is 0 Å². The van der Waals surface area contributed by atoms with E-state index in [0.29, 0.717) is 16.8 Å². The first-order valence-corrected chi connectivity index (χ1v) is 8.66. The number of benzene rings is 2. The van der Waals surface area contributed by atoms with Crippen LogP contribution >= 0.6 is 0 Å². The van der Waals surface area contributed by atoms with Crippen LogP contribution < -0.4 is 4.90 Å². The number of pyridine rings is 1. The number of aryl methyl sites for hydroxylation is 1. The van der Waals surface area contributed by atoms with Crippen molar-refractivity contribution in [1.82, 2.24) is 9.38 Å². The summed E-state index contributed by atoms with van der Waals surface area (Å²) in [5, 5.41) is 0. The van der Waals surface area contributed by atoms with Crippen LogP contribution in [0.1, 0.15) is 26.3 Å². The molecule has 130 valence electrons. The van der Waals surface area contributed by atoms with Crippen LogP contribution in [0.25, 0.3) is 16.9 Å². The molecule has 2 aromatic carbocycles. The number of rotatable bonds is 2. The maximum Gasteiger partial charge on any atom is 0.266 e. The third kappa shape index (κ3) is 2.29. The summed E-state index contributed by atoms with van der Waals surface area (Å²) in [5.41, 5.74) is 5.25. The van der Waals surface area contributed by atoms with Gasteiger partial charge in [0.1, 0.15) is 5.65 Å². The number of fused-ring (bicyclic) bond motifs is 2. The van der Waals surface area contributed by atoms with E-state index in [-0.39, 0.29) is 11.8 Å². The van der Waals surface area contributed by atoms with Gasteiger partial charge in [0.2, 0.25) is 0 Å². The zero-order chi connectivity index (χ0) is 18.5. The number of imide groups is 1. The number of aromatic nitrogens is 2. The van der Waals surface area contributed by atoms with E-state index in [0.717, 1.165) is 22.5 Å². The van der Waals surface area contributed by atoms with E-state index < -0.39 is 0 Å². The minimum absolute atomic E-state index is 0.285. The number of anilines is 1. The Balaban J connectivity index is 1.51. The zero-order valence-corrected chi connectivity index (χ0v) is 14.6. The van der Waals surface area contributed by atoms with E-state index in [1.54, 1.807) is 36.4 Å². The quantitative estimate of drug-likeness (QED) is 0.510. The molecule has 0 spiro atoms. The van der Waals surface area contributed by atoms with E-state index in [4.69, 9.17) is 0 Å². The number of hydrogen-bond donors (Lipinski definition) is 0. The van der Waals surface area contributed by atoms with Gasteiger partial charge in [-0.2, -0.15) is 0 Å². The van der Waals surface area contributed by atoms with Crippen molar-refractivity contribution in [3.05, 3.63) is 89.7 Å². The molecular formula is C22H15N3O2. The summed E-state index contributed by atoms with van der Waals surface area (Å²) < 4.78 is 1.99. The predicted octanol–water partition coefficient (Wildman–Crippen LogP) is 4.11. The lowest BCUT2D eigenvalue weighted by Gasteiger charge is -2.14. The van der Waals surface area contributed by atoms with Gasteiger partial charge in [-0.25, -0.2) is 9.88 Å². The summed E-state index contributed by atoms with van der Waals surface area (Å²) in [5.74, 6) is -0.571. The van der Waals surface area contributed by atoms with E-state index in [1.807, 2.05) is 48.0 Å². The smallest absolute Gasteiger partial charge is 0.266 e. The maximum atomic E-state index is 12.6. The SMILES string of the molecule is Cc1cccn2cc(-c3ccc(N4C(=O)c5ccccc5C4=O)cc3)nc12. The highest BCUT2D eigenvalue weighted by Gasteiger charge is 2.36. The lowest BCUT2D eigenvalue weighted by molar-refractivity contribution is 0.0926. The molecule has 3 heterocycles. The Kier molecular flexibility index (Phi) is 3.24. The first kappa shape index (κ1) is 15.5. The average molecular weight is 353 g/mol. The molecule has 0 aliphatic carbocycles. The molecule has 5 heteroatoms. The van der Waals surface area contributed by atoms with Gasteiger partial charge >= 0.3 is 0 Å². The van der Waals surface area contributed by atoms with Gasteiger partial charge < -0.3 is 4.40 Å². The number of carbonyl (C=O) groups excluding carboxylic acids is 2. The number of imidazole rings is 1. The second-order valence-electron chi connectivity index (χ2n) is 6.59. The molecule has 2 amide bonds. The Morgan fingerprint density at radius 3 is 2.11 bits per heavy atom. The Hall–Kier alpha value is -3.73. The molecule has 5 rings (SSSR count). The minimum Gasteiger partial charge on any atom is -0.306 e. The normalized spacial score (nSPS) is 13.4. The van der Waals surface area contributed by atoms with Crippen LogP contribution in [0.15, 0.2) is 73.1 Å². The van der Waals surface area contributed by atoms with Crippen molar-refractivity contribution >= 4 is 23.1 Å². The fraction of sp³-hybridized carbons (Fsp3) is 0.0455. The lowest BCUT2D eigenvalue weighted by atomic mass is 10.1. The Labute approximate surface area is 155 Å². The molecular weight excluding hydrogens is 338 g/mol. The maximum absolute atomic E-state index is 12.6. The summed E-state index contributed by atoms with van der Waals surface area (Å²) >= 11 is 0. The molecule has 0 radical (unpaired) electrons. The fourth-order valence-corrected chi connectivity index (χ4v) is 3.50. The molecule has 2 aromatic heterocycles. The Morgan fingerprint density at radius 2 is 1.48 bits per heavy atom. The van der Waals surface area contributed by atoms with Crippen LogP contribution in [-0.2, 0) is 0 Å². The van der Waals surface area contributed by atoms with Crippen molar-refractivity contribution in [1.29, 1.82) is 0 Å². The van der Waals surface area contributed by atoms with Crippen LogP contribution in [0.4, 0.5) is 5.69 Å². The Morgan fingerprint density at radius 1 is 0.815 bits per heavy atom. The first-order valence-electron chi connectivity index (χ1n) is 8.66. The van der Waals surface area contributed by atoms with E-state index >= 15 is 0 Å². The summed E-state index contributed by atoms with van der Waals surface area (Å²) in [7, 11) is 0. The van der Waals surface area contributed by atoms with Gasteiger partial charge in [0.05, 0.1) is 22.5 Å². The summed E-state index contributed by atoms with van der Waals surface area (Å²) in [6.45, 7) is 2.03. The highest BCUT2D eigenvalue weighted by Crippen LogP contribution is 2.30. The molecule has 1 aliphatic heterocycles. The van der Waals surface area contributed by atoms with Crippen molar-refractivity contribution in [2.45, 2.75) is 6.92 Å². The lowest BCUT2D eigenvalue weighted by Crippen LogP contribution is -2.29. The van der Waals surface area contributed by atoms with Crippen LogP contribution in [0, 0.1) is 6.92 Å². The number of carbonyl (C=O) groups is 2. The van der Waals surface area contributed by atoms with Crippen LogP contribution in [0.3, 0.4) is 0 Å². The van der Waals surface area contributed by atoms with Gasteiger partial charge in [-0.1, -0.05) is 30.3 Å². The monoisotopic (exact) mass is 353 g/mol. The molecule has 4 aromatic rings. The molecule has 0 saturated carbocycles. The van der Waals surface area contributed by atoms with Crippen LogP contribution in [0.2, 0.25) is 0 Å². The first-order chi connectivity index (χ1) is 13.1. The van der Waals surface area contributed by atoms with Gasteiger partial charge in [0, 0.05) is 18.0 Å². The molecule has 1 aliphatic rings. The molecule has 27 heavy (non-hydrogen) atoms. The van der Waals surface area contributed by atoms with Crippen molar-refractivity contribution < 1.29 is 9.59 Å². The summed E-state index contributed by atoms with van der Waals surface area (Å²) in [6.07, 6.45) is 3.94. The van der Waals surface area contributed by atoms with Gasteiger partial charge in [-0.3, -0.25) is 9.59 Å². The molecule has 0 atom stereocenters. The van der Waals surface area contributed by atoms with E-state index in [9.17, 15) is 9.59 Å². The molecule has 0 N–H and O–H groups in total. The minimum atomic E-state index is -0.285. The summed E-state index contributed by atoms with van der Waals surface area (Å²) in [6, 6.07) is 18.3. The number of nitrogens with zero attached hydrogens (tertiary/aromatic N) is 3. The average Bonchev–Trinajstić information content (AvgIpc) is 3.24. The van der Waals surface area contributed by atoms with E-state index in [2.05, 4.69) is 4.98 Å². The predicted molar refractivity (Wildman–Crippen MR) is 103 cm³/mol. The molecule has 0 fully saturated rings. The molecule has 0 saturated heterocycles. The highest BCUT2D eigenvalue weighted by molar-refractivity contribution is 6.34. The van der Waals surface area contributed by atoms with Crippen molar-refractivity contribution in [3.8, 4) is 11.3 Å². The second kappa shape index (κ2) is 5.64. The molecule has 0 unspecified atom stereocenters. The summed E-state index contributed by atoms with van der Waals surface area (Å²) in [4.78, 5) is 31.1. The Bertz CT molecular complexity index is 1190. The topological polar surface area (TPSA) is 54.7 Å². The largest absolute Gasteiger partial charge is 0.306 e. The third-order valence-corrected chi connectivity index (χ3v) is 4.89. The van der Waals surface area contributed by atoms with Crippen molar-refractivity contribution in [3.63, 3.8) is 0 Å². The van der Waals surface area contributed by atoms with Gasteiger partial charge in [-0.05, 0) is 42.8 Å². The van der Waals surface area contributed by atoms with Crippen LogP contribution in [0.5, 0.6) is 0 Å². The standard InChI is InChI=1S/C22H15N3O2/c1-14-5-4-12-24-13-19(23-20(14)24)15-8-10-16(11-9-15)25-21(26)17-6-2-3-7-18(17)22(25)27/h2-13H,1H3. The van der Waals surface area contributed by atoms with Crippen LogP contribution in [-0.4, -0.2) is 21.2 Å².